The van der Waals surface area contributed by atoms with Gasteiger partial charge < -0.3 is 9.64 Å². The van der Waals surface area contributed by atoms with Crippen molar-refractivity contribution in [3.63, 3.8) is 0 Å². The molecule has 1 amide bonds. The first kappa shape index (κ1) is 15.5. The molecule has 0 aliphatic carbocycles. The van der Waals surface area contributed by atoms with Crippen LogP contribution >= 0.6 is 0 Å². The van der Waals surface area contributed by atoms with Crippen molar-refractivity contribution in [3.8, 4) is 0 Å². The van der Waals surface area contributed by atoms with E-state index in [1.54, 1.807) is 10.9 Å². The summed E-state index contributed by atoms with van der Waals surface area (Å²) in [5, 5.41) is 4.09. The maximum atomic E-state index is 12.1. The summed E-state index contributed by atoms with van der Waals surface area (Å²) < 4.78 is 6.40. The second kappa shape index (κ2) is 7.78. The Morgan fingerprint density at radius 3 is 2.52 bits per heavy atom. The quantitative estimate of drug-likeness (QED) is 0.690. The van der Waals surface area contributed by atoms with E-state index in [2.05, 4.69) is 14.7 Å². The van der Waals surface area contributed by atoms with E-state index < -0.39 is 0 Å². The monoisotopic (exact) mass is 294 g/mol. The average molecular weight is 294 g/mol. The van der Waals surface area contributed by atoms with Gasteiger partial charge in [0.05, 0.1) is 13.5 Å². The summed E-state index contributed by atoms with van der Waals surface area (Å²) >= 11 is 0. The second-order valence-electron chi connectivity index (χ2n) is 5.07. The predicted octanol–water partition coefficient (Wildman–Crippen LogP) is -0.0195. The molecule has 7 nitrogen and oxygen atoms in total. The first-order valence-electron chi connectivity index (χ1n) is 7.23. The van der Waals surface area contributed by atoms with Crippen molar-refractivity contribution in [1.29, 1.82) is 0 Å². The Morgan fingerprint density at radius 2 is 1.90 bits per heavy atom. The fourth-order valence-electron chi connectivity index (χ4n) is 2.37. The molecule has 7 heteroatoms. The van der Waals surface area contributed by atoms with Crippen molar-refractivity contribution < 1.29 is 14.3 Å². The zero-order chi connectivity index (χ0) is 15.1. The Balaban J connectivity index is 1.66. The number of aryl methyl sites for hydroxylation is 1. The molecule has 116 valence electrons. The van der Waals surface area contributed by atoms with Gasteiger partial charge in [-0.15, -0.1) is 0 Å². The highest BCUT2D eigenvalue weighted by atomic mass is 16.5. The van der Waals surface area contributed by atoms with Gasteiger partial charge >= 0.3 is 5.97 Å². The summed E-state index contributed by atoms with van der Waals surface area (Å²) in [5.74, 6) is -0.0224. The maximum Gasteiger partial charge on any atom is 0.306 e. The molecule has 1 aromatic heterocycles. The lowest BCUT2D eigenvalue weighted by molar-refractivity contribution is -0.141. The molecule has 0 unspecified atom stereocenters. The number of ether oxygens (including phenoxy) is 1. The van der Waals surface area contributed by atoms with E-state index in [0.717, 1.165) is 26.2 Å². The molecule has 21 heavy (non-hydrogen) atoms. The number of hydrogen-bond donors (Lipinski definition) is 0. The largest absolute Gasteiger partial charge is 0.469 e. The van der Waals surface area contributed by atoms with Crippen LogP contribution in [0.4, 0.5) is 0 Å². The lowest BCUT2D eigenvalue weighted by Crippen LogP contribution is -2.49. The molecule has 2 heterocycles. The minimum Gasteiger partial charge on any atom is -0.469 e. The van der Waals surface area contributed by atoms with Crippen molar-refractivity contribution in [2.75, 3.05) is 39.8 Å². The van der Waals surface area contributed by atoms with Gasteiger partial charge in [0.15, 0.2) is 0 Å². The van der Waals surface area contributed by atoms with Crippen LogP contribution in [0.3, 0.4) is 0 Å². The van der Waals surface area contributed by atoms with E-state index in [1.165, 1.54) is 7.11 Å². The molecule has 1 fully saturated rings. The first-order chi connectivity index (χ1) is 10.2. The van der Waals surface area contributed by atoms with E-state index in [9.17, 15) is 9.59 Å². The highest BCUT2D eigenvalue weighted by molar-refractivity contribution is 5.76. The van der Waals surface area contributed by atoms with Crippen molar-refractivity contribution in [2.45, 2.75) is 19.4 Å². The molecule has 1 aromatic rings. The molecule has 0 bridgehead atoms. The van der Waals surface area contributed by atoms with Gasteiger partial charge in [-0.1, -0.05) is 0 Å². The SMILES string of the molecule is COC(=O)CCN1CCN(C(=O)CCn2cccn2)CC1. The van der Waals surface area contributed by atoms with Crippen LogP contribution in [-0.2, 0) is 20.9 Å². The first-order valence-corrected chi connectivity index (χ1v) is 7.23. The fourth-order valence-corrected chi connectivity index (χ4v) is 2.37. The zero-order valence-electron chi connectivity index (χ0n) is 12.4. The van der Waals surface area contributed by atoms with Crippen LogP contribution < -0.4 is 0 Å². The van der Waals surface area contributed by atoms with Gasteiger partial charge in [-0.05, 0) is 6.07 Å². The van der Waals surface area contributed by atoms with Crippen molar-refractivity contribution in [2.24, 2.45) is 0 Å². The van der Waals surface area contributed by atoms with Gasteiger partial charge in [0.2, 0.25) is 5.91 Å². The van der Waals surface area contributed by atoms with Gasteiger partial charge in [-0.3, -0.25) is 19.2 Å². The zero-order valence-corrected chi connectivity index (χ0v) is 12.4. The fraction of sp³-hybridized carbons (Fsp3) is 0.643. The summed E-state index contributed by atoms with van der Waals surface area (Å²) in [6.07, 6.45) is 4.45. The lowest BCUT2D eigenvalue weighted by Gasteiger charge is -2.34. The smallest absolute Gasteiger partial charge is 0.306 e. The number of hydrogen-bond acceptors (Lipinski definition) is 5. The molecule has 1 aliphatic rings. The van der Waals surface area contributed by atoms with Gasteiger partial charge in [-0.2, -0.15) is 5.10 Å². The normalized spacial score (nSPS) is 16.0. The number of piperazine rings is 1. The molecule has 0 radical (unpaired) electrons. The van der Waals surface area contributed by atoms with E-state index in [4.69, 9.17) is 0 Å². The highest BCUT2D eigenvalue weighted by Crippen LogP contribution is 2.05. The number of amides is 1. The molecule has 2 rings (SSSR count). The highest BCUT2D eigenvalue weighted by Gasteiger charge is 2.21. The number of esters is 1. The number of rotatable bonds is 6. The van der Waals surface area contributed by atoms with Crippen LogP contribution in [0.5, 0.6) is 0 Å². The average Bonchev–Trinajstić information content (AvgIpc) is 3.04. The van der Waals surface area contributed by atoms with E-state index >= 15 is 0 Å². The molecule has 1 saturated heterocycles. The van der Waals surface area contributed by atoms with Gasteiger partial charge in [0.25, 0.3) is 0 Å². The molecule has 0 saturated carbocycles. The van der Waals surface area contributed by atoms with Crippen LogP contribution in [0.1, 0.15) is 12.8 Å². The minimum atomic E-state index is -0.187. The Kier molecular flexibility index (Phi) is 5.74. The van der Waals surface area contributed by atoms with E-state index in [-0.39, 0.29) is 11.9 Å². The second-order valence-corrected chi connectivity index (χ2v) is 5.07. The molecule has 0 atom stereocenters. The molecular weight excluding hydrogens is 272 g/mol. The third-order valence-electron chi connectivity index (χ3n) is 3.70. The standard InChI is InChI=1S/C14H22N4O3/c1-21-14(20)4-7-16-9-11-17(12-10-16)13(19)3-8-18-6-2-5-15-18/h2,5-6H,3-4,7-12H2,1H3. The van der Waals surface area contributed by atoms with Crippen molar-refractivity contribution in [1.82, 2.24) is 19.6 Å². The van der Waals surface area contributed by atoms with E-state index in [1.807, 2.05) is 17.2 Å². The van der Waals surface area contributed by atoms with Gasteiger partial charge in [-0.25, -0.2) is 0 Å². The van der Waals surface area contributed by atoms with Crippen molar-refractivity contribution >= 4 is 11.9 Å². The predicted molar refractivity (Wildman–Crippen MR) is 76.5 cm³/mol. The number of methoxy groups -OCH3 is 1. The Labute approximate surface area is 124 Å². The molecular formula is C14H22N4O3. The van der Waals surface area contributed by atoms with E-state index in [0.29, 0.717) is 25.9 Å². The minimum absolute atomic E-state index is 0.165. The summed E-state index contributed by atoms with van der Waals surface area (Å²) in [5.41, 5.74) is 0. The third kappa shape index (κ3) is 4.86. The number of aromatic nitrogens is 2. The maximum absolute atomic E-state index is 12.1. The van der Waals surface area contributed by atoms with Crippen LogP contribution in [0, 0.1) is 0 Å². The topological polar surface area (TPSA) is 67.7 Å². The van der Waals surface area contributed by atoms with Crippen LogP contribution in [0.2, 0.25) is 0 Å². The number of nitrogens with zero attached hydrogens (tertiary/aromatic N) is 4. The third-order valence-corrected chi connectivity index (χ3v) is 3.70. The summed E-state index contributed by atoms with van der Waals surface area (Å²) in [6, 6.07) is 1.85. The van der Waals surface area contributed by atoms with Crippen molar-refractivity contribution in [3.05, 3.63) is 18.5 Å². The van der Waals surface area contributed by atoms with Gasteiger partial charge in [0.1, 0.15) is 0 Å². The van der Waals surface area contributed by atoms with Crippen LogP contribution in [-0.4, -0.2) is 71.3 Å². The molecule has 0 spiro atoms. The Hall–Kier alpha value is -1.89. The summed E-state index contributed by atoms with van der Waals surface area (Å²) in [7, 11) is 1.40. The summed E-state index contributed by atoms with van der Waals surface area (Å²) in [6.45, 7) is 4.38. The molecule has 0 aromatic carbocycles. The Morgan fingerprint density at radius 1 is 1.14 bits per heavy atom. The number of carbonyl (C=O) groups excluding carboxylic acids is 2. The Bertz CT molecular complexity index is 453. The van der Waals surface area contributed by atoms with Crippen LogP contribution in [0.15, 0.2) is 18.5 Å². The van der Waals surface area contributed by atoms with Crippen LogP contribution in [0.25, 0.3) is 0 Å². The lowest BCUT2D eigenvalue weighted by atomic mass is 10.2. The van der Waals surface area contributed by atoms with Gasteiger partial charge in [0, 0.05) is 58.1 Å². The molecule has 1 aliphatic heterocycles. The molecule has 0 N–H and O–H groups in total. The number of carbonyl (C=O) groups is 2. The summed E-state index contributed by atoms with van der Waals surface area (Å²) in [4.78, 5) is 27.3.